The van der Waals surface area contributed by atoms with Gasteiger partial charge in [-0.3, -0.25) is 0 Å². The second kappa shape index (κ2) is 18.9. The minimum Gasteiger partial charge on any atom is -0.309 e. The van der Waals surface area contributed by atoms with Crippen molar-refractivity contribution in [3.05, 3.63) is 266 Å². The second-order valence-corrected chi connectivity index (χ2v) is 19.6. The Kier molecular flexibility index (Phi) is 11.7. The molecular weight excluding hydrogens is 869 g/mol. The van der Waals surface area contributed by atoms with Gasteiger partial charge in [-0.25, -0.2) is 0 Å². The standard InChI is InChI=1S/C70H56N2/c1-47(2)49-37-41-55(42-38-49)71(57-27-19-25-53(45-57)51-21-7-5-8-22-51)69-63-33-15-11-29-59(63)67(60-30-12-16-34-64(60)69)68-61-31-13-17-35-65(61)70(66-36-18-14-32-62(66)68)72(56-43-39-50(40-44-56)48(3)4)58-28-20-26-54(46-58)52-23-9-6-10-24-52/h5-48H,1-4H3. The first-order valence-electron chi connectivity index (χ1n) is 25.4. The lowest BCUT2D eigenvalue weighted by Gasteiger charge is -2.31. The molecule has 0 aliphatic heterocycles. The Labute approximate surface area is 423 Å². The summed E-state index contributed by atoms with van der Waals surface area (Å²) in [5.41, 5.74) is 16.6. The summed E-state index contributed by atoms with van der Waals surface area (Å²) in [6, 6.07) is 94.3. The molecule has 0 bridgehead atoms. The van der Waals surface area contributed by atoms with Crippen molar-refractivity contribution in [3.8, 4) is 33.4 Å². The van der Waals surface area contributed by atoms with Gasteiger partial charge in [0.05, 0.1) is 11.4 Å². The van der Waals surface area contributed by atoms with Crippen LogP contribution in [-0.4, -0.2) is 0 Å². The van der Waals surface area contributed by atoms with Gasteiger partial charge in [0.15, 0.2) is 0 Å². The third-order valence-corrected chi connectivity index (χ3v) is 14.6. The molecule has 12 aromatic rings. The summed E-state index contributed by atoms with van der Waals surface area (Å²) in [6.45, 7) is 9.06. The van der Waals surface area contributed by atoms with E-state index in [4.69, 9.17) is 0 Å². The highest BCUT2D eigenvalue weighted by molar-refractivity contribution is 6.30. The molecule has 0 aliphatic carbocycles. The summed E-state index contributed by atoms with van der Waals surface area (Å²) in [6.07, 6.45) is 0. The van der Waals surface area contributed by atoms with Gasteiger partial charge in [0, 0.05) is 44.3 Å². The Bertz CT molecular complexity index is 3540. The molecule has 0 N–H and O–H groups in total. The van der Waals surface area contributed by atoms with Crippen LogP contribution in [0, 0.1) is 0 Å². The summed E-state index contributed by atoms with van der Waals surface area (Å²) in [5.74, 6) is 0.839. The molecule has 12 aromatic carbocycles. The highest BCUT2D eigenvalue weighted by atomic mass is 15.2. The van der Waals surface area contributed by atoms with Crippen LogP contribution in [0.2, 0.25) is 0 Å². The smallest absolute Gasteiger partial charge is 0.0618 e. The molecule has 2 heteroatoms. The van der Waals surface area contributed by atoms with Crippen LogP contribution < -0.4 is 9.80 Å². The Balaban J connectivity index is 1.15. The van der Waals surface area contributed by atoms with Crippen molar-refractivity contribution < 1.29 is 0 Å². The highest BCUT2D eigenvalue weighted by Gasteiger charge is 2.27. The van der Waals surface area contributed by atoms with Gasteiger partial charge < -0.3 is 9.80 Å². The van der Waals surface area contributed by atoms with Crippen molar-refractivity contribution in [2.45, 2.75) is 39.5 Å². The molecule has 0 radical (unpaired) electrons. The first kappa shape index (κ1) is 44.5. The number of hydrogen-bond donors (Lipinski definition) is 0. The number of benzene rings is 12. The summed E-state index contributed by atoms with van der Waals surface area (Å²) in [4.78, 5) is 4.99. The van der Waals surface area contributed by atoms with Crippen LogP contribution in [0.1, 0.15) is 50.7 Å². The van der Waals surface area contributed by atoms with Gasteiger partial charge in [-0.05, 0) is 126 Å². The molecule has 0 unspecified atom stereocenters. The zero-order valence-corrected chi connectivity index (χ0v) is 41.3. The fraction of sp³-hybridized carbons (Fsp3) is 0.0857. The molecule has 2 nitrogen and oxygen atoms in total. The van der Waals surface area contributed by atoms with Crippen molar-refractivity contribution in [3.63, 3.8) is 0 Å². The van der Waals surface area contributed by atoms with E-state index in [2.05, 4.69) is 292 Å². The average Bonchev–Trinajstić information content (AvgIpc) is 3.44. The maximum absolute atomic E-state index is 2.50. The van der Waals surface area contributed by atoms with E-state index in [9.17, 15) is 0 Å². The van der Waals surface area contributed by atoms with Gasteiger partial charge in [0.25, 0.3) is 0 Å². The van der Waals surface area contributed by atoms with Crippen LogP contribution in [0.25, 0.3) is 76.5 Å². The first-order valence-corrected chi connectivity index (χ1v) is 25.4. The maximum Gasteiger partial charge on any atom is 0.0618 e. The van der Waals surface area contributed by atoms with E-state index in [1.54, 1.807) is 0 Å². The zero-order valence-electron chi connectivity index (χ0n) is 41.3. The third kappa shape index (κ3) is 7.96. The number of fused-ring (bicyclic) bond motifs is 4. The van der Waals surface area contributed by atoms with Crippen LogP contribution in [0.3, 0.4) is 0 Å². The van der Waals surface area contributed by atoms with Crippen molar-refractivity contribution in [2.75, 3.05) is 9.80 Å². The van der Waals surface area contributed by atoms with E-state index >= 15 is 0 Å². The maximum atomic E-state index is 2.50. The third-order valence-electron chi connectivity index (χ3n) is 14.6. The highest BCUT2D eigenvalue weighted by Crippen LogP contribution is 2.54. The Morgan fingerprint density at radius 2 is 0.514 bits per heavy atom. The van der Waals surface area contributed by atoms with Crippen LogP contribution in [0.5, 0.6) is 0 Å². The molecule has 72 heavy (non-hydrogen) atoms. The minimum absolute atomic E-state index is 0.419. The van der Waals surface area contributed by atoms with Crippen molar-refractivity contribution in [1.29, 1.82) is 0 Å². The van der Waals surface area contributed by atoms with E-state index in [0.29, 0.717) is 11.8 Å². The van der Waals surface area contributed by atoms with Crippen molar-refractivity contribution in [2.24, 2.45) is 0 Å². The fourth-order valence-electron chi connectivity index (χ4n) is 11.0. The lowest BCUT2D eigenvalue weighted by Crippen LogP contribution is -2.12. The van der Waals surface area contributed by atoms with Gasteiger partial charge in [0.2, 0.25) is 0 Å². The molecule has 0 aliphatic rings. The molecule has 0 aromatic heterocycles. The molecule has 0 saturated carbocycles. The summed E-state index contributed by atoms with van der Waals surface area (Å²) >= 11 is 0. The largest absolute Gasteiger partial charge is 0.309 e. The van der Waals surface area contributed by atoms with Crippen LogP contribution in [0.15, 0.2) is 255 Å². The monoisotopic (exact) mass is 924 g/mol. The van der Waals surface area contributed by atoms with Crippen molar-refractivity contribution >= 4 is 77.2 Å². The summed E-state index contributed by atoms with van der Waals surface area (Å²) in [7, 11) is 0. The van der Waals surface area contributed by atoms with Gasteiger partial charge in [-0.1, -0.05) is 234 Å². The van der Waals surface area contributed by atoms with E-state index in [0.717, 1.165) is 34.1 Å². The van der Waals surface area contributed by atoms with Gasteiger partial charge >= 0.3 is 0 Å². The van der Waals surface area contributed by atoms with E-state index < -0.39 is 0 Å². The van der Waals surface area contributed by atoms with E-state index in [-0.39, 0.29) is 0 Å². The second-order valence-electron chi connectivity index (χ2n) is 19.6. The quantitative estimate of drug-likeness (QED) is 0.119. The number of nitrogens with zero attached hydrogens (tertiary/aromatic N) is 2. The molecule has 0 saturated heterocycles. The molecular formula is C70H56N2. The molecule has 346 valence electrons. The van der Waals surface area contributed by atoms with Gasteiger partial charge in [-0.2, -0.15) is 0 Å². The topological polar surface area (TPSA) is 6.48 Å². The predicted molar refractivity (Wildman–Crippen MR) is 310 cm³/mol. The Morgan fingerprint density at radius 1 is 0.236 bits per heavy atom. The first-order chi connectivity index (χ1) is 35.4. The van der Waals surface area contributed by atoms with Crippen LogP contribution >= 0.6 is 0 Å². The predicted octanol–water partition coefficient (Wildman–Crippen LogP) is 20.5. The van der Waals surface area contributed by atoms with Gasteiger partial charge in [0.1, 0.15) is 0 Å². The summed E-state index contributed by atoms with van der Waals surface area (Å²) < 4.78 is 0. The van der Waals surface area contributed by atoms with Crippen molar-refractivity contribution in [1.82, 2.24) is 0 Å². The summed E-state index contributed by atoms with van der Waals surface area (Å²) in [5, 5.41) is 9.56. The zero-order chi connectivity index (χ0) is 48.7. The normalized spacial score (nSPS) is 11.6. The number of hydrogen-bond acceptors (Lipinski definition) is 2. The minimum atomic E-state index is 0.419. The molecule has 0 fully saturated rings. The Morgan fingerprint density at radius 3 is 0.819 bits per heavy atom. The molecule has 0 amide bonds. The van der Waals surface area contributed by atoms with Crippen LogP contribution in [-0.2, 0) is 0 Å². The fourth-order valence-corrected chi connectivity index (χ4v) is 11.0. The molecule has 0 heterocycles. The van der Waals surface area contributed by atoms with E-state index in [1.807, 2.05) is 0 Å². The van der Waals surface area contributed by atoms with E-state index in [1.165, 1.54) is 87.6 Å². The molecule has 0 spiro atoms. The van der Waals surface area contributed by atoms with Crippen LogP contribution in [0.4, 0.5) is 34.1 Å². The number of rotatable bonds is 11. The van der Waals surface area contributed by atoms with Gasteiger partial charge in [-0.15, -0.1) is 0 Å². The average molecular weight is 925 g/mol. The lowest BCUT2D eigenvalue weighted by molar-refractivity contribution is 0.866. The lowest BCUT2D eigenvalue weighted by atomic mass is 9.84. The molecule has 0 atom stereocenters. The Hall–Kier alpha value is -8.72. The number of anilines is 6. The SMILES string of the molecule is CC(C)c1ccc(N(c2cccc(-c3ccccc3)c2)c2c3ccccc3c(-c3c4ccccc4c(N(c4ccc(C(C)C)cc4)c4cccc(-c5ccccc5)c4)c4ccccc34)c3ccccc23)cc1. The molecule has 12 rings (SSSR count).